The van der Waals surface area contributed by atoms with Gasteiger partial charge in [-0.3, -0.25) is 0 Å². The van der Waals surface area contributed by atoms with Crippen LogP contribution < -0.4 is 5.32 Å². The van der Waals surface area contributed by atoms with Crippen LogP contribution >= 0.6 is 11.3 Å². The molecule has 2 aromatic heterocycles. The van der Waals surface area contributed by atoms with Crippen LogP contribution in [0.1, 0.15) is 23.3 Å². The van der Waals surface area contributed by atoms with Crippen molar-refractivity contribution in [3.05, 3.63) is 16.8 Å². The molecule has 1 unspecified atom stereocenters. The first-order valence-electron chi connectivity index (χ1n) is 7.76. The van der Waals surface area contributed by atoms with Gasteiger partial charge in [0.2, 0.25) is 10.0 Å². The quantitative estimate of drug-likeness (QED) is 0.912. The van der Waals surface area contributed by atoms with E-state index in [1.807, 2.05) is 0 Å². The van der Waals surface area contributed by atoms with E-state index in [2.05, 4.69) is 29.1 Å². The molecule has 0 spiro atoms. The van der Waals surface area contributed by atoms with Gasteiger partial charge in [-0.15, -0.1) is 11.3 Å². The van der Waals surface area contributed by atoms with Crippen LogP contribution in [0.5, 0.6) is 0 Å². The molecule has 0 aromatic carbocycles. The maximum absolute atomic E-state index is 11.7. The summed E-state index contributed by atoms with van der Waals surface area (Å²) in [6.07, 6.45) is 4.82. The topological polar surface area (TPSA) is 75.2 Å². The molecule has 1 aliphatic heterocycles. The molecule has 3 heterocycles. The summed E-state index contributed by atoms with van der Waals surface area (Å²) in [7, 11) is -3.10. The van der Waals surface area contributed by atoms with Crippen molar-refractivity contribution in [3.63, 3.8) is 0 Å². The molecule has 1 aliphatic rings. The van der Waals surface area contributed by atoms with Crippen LogP contribution in [0.15, 0.2) is 6.33 Å². The van der Waals surface area contributed by atoms with Crippen molar-refractivity contribution in [3.8, 4) is 0 Å². The Morgan fingerprint density at radius 2 is 2.17 bits per heavy atom. The minimum absolute atomic E-state index is 0.309. The van der Waals surface area contributed by atoms with Gasteiger partial charge in [0.25, 0.3) is 0 Å². The molecule has 0 aliphatic carbocycles. The Bertz CT molecular complexity index is 816. The van der Waals surface area contributed by atoms with Gasteiger partial charge >= 0.3 is 0 Å². The molecule has 1 atom stereocenters. The number of anilines is 1. The third kappa shape index (κ3) is 3.49. The highest BCUT2D eigenvalue weighted by molar-refractivity contribution is 7.88. The largest absolute Gasteiger partial charge is 0.369 e. The fraction of sp³-hybridized carbons (Fsp3) is 0.600. The van der Waals surface area contributed by atoms with Crippen LogP contribution in [-0.4, -0.2) is 48.6 Å². The minimum atomic E-state index is -3.10. The van der Waals surface area contributed by atoms with Crippen molar-refractivity contribution in [2.24, 2.45) is 5.92 Å². The second-order valence-electron chi connectivity index (χ2n) is 6.20. The number of hydrogen-bond donors (Lipinski definition) is 1. The number of sulfonamides is 1. The average Bonchev–Trinajstić information content (AvgIpc) is 2.80. The first kappa shape index (κ1) is 16.6. The fourth-order valence-electron chi connectivity index (χ4n) is 3.05. The van der Waals surface area contributed by atoms with Gasteiger partial charge < -0.3 is 5.32 Å². The lowest BCUT2D eigenvalue weighted by Gasteiger charge is -2.31. The molecule has 3 rings (SSSR count). The zero-order valence-electron chi connectivity index (χ0n) is 13.7. The monoisotopic (exact) mass is 354 g/mol. The van der Waals surface area contributed by atoms with Crippen LogP contribution in [0.2, 0.25) is 0 Å². The summed E-state index contributed by atoms with van der Waals surface area (Å²) in [5, 5.41) is 4.51. The van der Waals surface area contributed by atoms with E-state index in [1.54, 1.807) is 22.0 Å². The number of piperidine rings is 1. The zero-order valence-corrected chi connectivity index (χ0v) is 15.3. The van der Waals surface area contributed by atoms with E-state index in [9.17, 15) is 8.42 Å². The third-order valence-corrected chi connectivity index (χ3v) is 6.86. The molecule has 126 valence electrons. The first-order valence-corrected chi connectivity index (χ1v) is 10.4. The normalized spacial score (nSPS) is 20.0. The molecular weight excluding hydrogens is 332 g/mol. The Morgan fingerprint density at radius 3 is 2.91 bits per heavy atom. The van der Waals surface area contributed by atoms with Crippen molar-refractivity contribution in [2.45, 2.75) is 26.7 Å². The maximum Gasteiger partial charge on any atom is 0.211 e. The summed E-state index contributed by atoms with van der Waals surface area (Å²) in [5.41, 5.74) is 1.22. The van der Waals surface area contributed by atoms with Crippen LogP contribution in [0.3, 0.4) is 0 Å². The Balaban J connectivity index is 1.74. The number of fused-ring (bicyclic) bond motifs is 1. The third-order valence-electron chi connectivity index (χ3n) is 4.47. The van der Waals surface area contributed by atoms with E-state index < -0.39 is 10.0 Å². The highest BCUT2D eigenvalue weighted by Crippen LogP contribution is 2.32. The van der Waals surface area contributed by atoms with Crippen LogP contribution in [0.25, 0.3) is 10.2 Å². The highest BCUT2D eigenvalue weighted by atomic mass is 32.2. The van der Waals surface area contributed by atoms with Crippen molar-refractivity contribution in [1.82, 2.24) is 14.3 Å². The predicted molar refractivity (Wildman–Crippen MR) is 94.5 cm³/mol. The molecular formula is C15H22N4O2S2. The zero-order chi connectivity index (χ0) is 16.6. The number of rotatable bonds is 4. The van der Waals surface area contributed by atoms with E-state index >= 15 is 0 Å². The Labute approximate surface area is 141 Å². The molecule has 1 fully saturated rings. The lowest BCUT2D eigenvalue weighted by Crippen LogP contribution is -2.41. The molecule has 0 radical (unpaired) electrons. The number of hydrogen-bond acceptors (Lipinski definition) is 6. The van der Waals surface area contributed by atoms with Crippen LogP contribution in [0, 0.1) is 19.8 Å². The highest BCUT2D eigenvalue weighted by Gasteiger charge is 2.26. The Morgan fingerprint density at radius 1 is 1.39 bits per heavy atom. The summed E-state index contributed by atoms with van der Waals surface area (Å²) in [6, 6.07) is 0. The maximum atomic E-state index is 11.7. The van der Waals surface area contributed by atoms with Crippen molar-refractivity contribution >= 4 is 37.4 Å². The van der Waals surface area contributed by atoms with E-state index in [-0.39, 0.29) is 0 Å². The van der Waals surface area contributed by atoms with Crippen molar-refractivity contribution in [2.75, 3.05) is 31.2 Å². The second kappa shape index (κ2) is 6.33. The molecule has 1 N–H and O–H groups in total. The number of nitrogens with one attached hydrogen (secondary N) is 1. The minimum Gasteiger partial charge on any atom is -0.369 e. The number of aromatic nitrogens is 2. The summed E-state index contributed by atoms with van der Waals surface area (Å²) in [5.74, 6) is 1.16. The van der Waals surface area contributed by atoms with Crippen LogP contribution in [-0.2, 0) is 10.0 Å². The molecule has 0 amide bonds. The van der Waals surface area contributed by atoms with Crippen molar-refractivity contribution < 1.29 is 8.42 Å². The lowest BCUT2D eigenvalue weighted by atomic mass is 10.00. The van der Waals surface area contributed by atoms with Crippen molar-refractivity contribution in [1.29, 1.82) is 0 Å². The van der Waals surface area contributed by atoms with Crippen LogP contribution in [0.4, 0.5) is 5.82 Å². The van der Waals surface area contributed by atoms with Gasteiger partial charge in [0, 0.05) is 24.5 Å². The Kier molecular flexibility index (Phi) is 4.57. The second-order valence-corrected chi connectivity index (χ2v) is 9.38. The van der Waals surface area contributed by atoms with E-state index in [4.69, 9.17) is 0 Å². The molecule has 8 heteroatoms. The SMILES string of the molecule is Cc1sc2ncnc(NCC3CCCN(S(C)(=O)=O)C3)c2c1C. The Hall–Kier alpha value is -1.25. The number of nitrogens with zero attached hydrogens (tertiary/aromatic N) is 3. The van der Waals surface area contributed by atoms with Gasteiger partial charge in [0.1, 0.15) is 17.0 Å². The summed E-state index contributed by atoms with van der Waals surface area (Å²) >= 11 is 1.68. The van der Waals surface area contributed by atoms with Gasteiger partial charge in [-0.2, -0.15) is 0 Å². The van der Waals surface area contributed by atoms with Gasteiger partial charge in [-0.25, -0.2) is 22.7 Å². The lowest BCUT2D eigenvalue weighted by molar-refractivity contribution is 0.276. The molecule has 1 saturated heterocycles. The van der Waals surface area contributed by atoms with E-state index in [1.165, 1.54) is 16.7 Å². The molecule has 2 aromatic rings. The number of thiophene rings is 1. The smallest absolute Gasteiger partial charge is 0.211 e. The van der Waals surface area contributed by atoms with Gasteiger partial charge in [-0.1, -0.05) is 0 Å². The first-order chi connectivity index (χ1) is 10.9. The average molecular weight is 355 g/mol. The summed E-state index contributed by atoms with van der Waals surface area (Å²) in [4.78, 5) is 11.0. The predicted octanol–water partition coefficient (Wildman–Crippen LogP) is 2.39. The standard InChI is InChI=1S/C15H22N4O2S2/c1-10-11(2)22-15-13(10)14(17-9-18-15)16-7-12-5-4-6-19(8-12)23(3,20)21/h9,12H,4-8H2,1-3H3,(H,16,17,18). The number of aryl methyl sites for hydroxylation is 2. The summed E-state index contributed by atoms with van der Waals surface area (Å²) < 4.78 is 25.0. The molecule has 0 saturated carbocycles. The van der Waals surface area contributed by atoms with E-state index in [0.29, 0.717) is 19.0 Å². The molecule has 0 bridgehead atoms. The van der Waals surface area contributed by atoms with Gasteiger partial charge in [0.05, 0.1) is 11.6 Å². The van der Waals surface area contributed by atoms with Gasteiger partial charge in [0.15, 0.2) is 0 Å². The van der Waals surface area contributed by atoms with Gasteiger partial charge in [-0.05, 0) is 38.2 Å². The fourth-order valence-corrected chi connectivity index (χ4v) is 4.99. The summed E-state index contributed by atoms with van der Waals surface area (Å²) in [6.45, 7) is 6.13. The molecule has 23 heavy (non-hydrogen) atoms. The molecule has 6 nitrogen and oxygen atoms in total. The van der Waals surface area contributed by atoms with E-state index in [0.717, 1.165) is 35.4 Å².